The molecule has 2 aromatic carbocycles. The van der Waals surface area contributed by atoms with Gasteiger partial charge in [-0.2, -0.15) is 13.2 Å². The summed E-state index contributed by atoms with van der Waals surface area (Å²) in [6.07, 6.45) is -6.66. The molecule has 4 aromatic rings. The summed E-state index contributed by atoms with van der Waals surface area (Å²) in [6.45, 7) is 2.72. The highest BCUT2D eigenvalue weighted by molar-refractivity contribution is 7.90. The minimum atomic E-state index is -4.89. The van der Waals surface area contributed by atoms with Gasteiger partial charge in [-0.3, -0.25) is 0 Å². The van der Waals surface area contributed by atoms with Crippen molar-refractivity contribution in [2.75, 3.05) is 6.26 Å². The van der Waals surface area contributed by atoms with Gasteiger partial charge in [0, 0.05) is 18.0 Å². The molecule has 0 aliphatic rings. The van der Waals surface area contributed by atoms with Crippen LogP contribution in [0.25, 0.3) is 22.6 Å². The number of aromatic nitrogens is 5. The second-order valence-electron chi connectivity index (χ2n) is 8.02. The quantitative estimate of drug-likeness (QED) is 0.326. The first-order valence-corrected chi connectivity index (χ1v) is 12.2. The number of benzene rings is 2. The van der Waals surface area contributed by atoms with Gasteiger partial charge in [-0.15, -0.1) is 18.3 Å². The van der Waals surface area contributed by atoms with E-state index >= 15 is 0 Å². The van der Waals surface area contributed by atoms with E-state index in [2.05, 4.69) is 20.0 Å². The summed E-state index contributed by atoms with van der Waals surface area (Å²) >= 11 is 0. The molecule has 0 saturated heterocycles. The Bertz CT molecular complexity index is 1590. The summed E-state index contributed by atoms with van der Waals surface area (Å²) < 4.78 is 109. The van der Waals surface area contributed by atoms with Crippen molar-refractivity contribution < 1.29 is 39.5 Å². The molecule has 0 unspecified atom stereocenters. The summed E-state index contributed by atoms with van der Waals surface area (Å²) in [5.74, 6) is -0.493. The summed E-state index contributed by atoms with van der Waals surface area (Å²) in [7, 11) is -3.75. The maximum atomic E-state index is 13.3. The number of alkyl halides is 6. The standard InChI is InChI=1S/C22H17F6N5O3S/c1-12-8-14(4-7-19(12)36-22(26,27)28)18-10-29-31-33(18)16-6-5-15(37(3,34)35)9-17(16)32-11-20(21(23,24)25)30-13(32)2/h4-11H,1-3H3. The van der Waals surface area contributed by atoms with Gasteiger partial charge in [0.05, 0.1) is 28.2 Å². The number of sulfone groups is 1. The highest BCUT2D eigenvalue weighted by Crippen LogP contribution is 2.34. The number of halogens is 6. The Morgan fingerprint density at radius 1 is 0.946 bits per heavy atom. The number of aryl methyl sites for hydroxylation is 2. The highest BCUT2D eigenvalue weighted by Gasteiger charge is 2.35. The predicted octanol–water partition coefficient (Wildman–Crippen LogP) is 5.06. The molecule has 8 nitrogen and oxygen atoms in total. The number of rotatable bonds is 5. The molecule has 4 rings (SSSR count). The molecule has 0 aliphatic carbocycles. The second-order valence-corrected chi connectivity index (χ2v) is 10.0. The van der Waals surface area contributed by atoms with E-state index in [1.54, 1.807) is 0 Å². The van der Waals surface area contributed by atoms with Crippen molar-refractivity contribution >= 4 is 9.84 Å². The molecule has 0 bridgehead atoms. The van der Waals surface area contributed by atoms with Gasteiger partial charge in [0.1, 0.15) is 11.6 Å². The summed E-state index contributed by atoms with van der Waals surface area (Å²) in [5, 5.41) is 7.83. The van der Waals surface area contributed by atoms with Gasteiger partial charge in [0.15, 0.2) is 15.5 Å². The zero-order valence-electron chi connectivity index (χ0n) is 19.3. The molecule has 37 heavy (non-hydrogen) atoms. The third kappa shape index (κ3) is 5.45. The van der Waals surface area contributed by atoms with Crippen LogP contribution in [0.5, 0.6) is 5.75 Å². The molecule has 2 heterocycles. The van der Waals surface area contributed by atoms with Gasteiger partial charge in [0.25, 0.3) is 0 Å². The Morgan fingerprint density at radius 3 is 2.22 bits per heavy atom. The number of ether oxygens (including phenoxy) is 1. The molecule has 0 aliphatic heterocycles. The lowest BCUT2D eigenvalue weighted by molar-refractivity contribution is -0.274. The van der Waals surface area contributed by atoms with E-state index in [0.717, 1.165) is 23.1 Å². The van der Waals surface area contributed by atoms with Gasteiger partial charge in [0.2, 0.25) is 0 Å². The van der Waals surface area contributed by atoms with Crippen LogP contribution in [0.2, 0.25) is 0 Å². The maximum absolute atomic E-state index is 13.3. The summed E-state index contributed by atoms with van der Waals surface area (Å²) in [5.41, 5.74) is -0.255. The van der Waals surface area contributed by atoms with E-state index < -0.39 is 33.8 Å². The van der Waals surface area contributed by atoms with Crippen molar-refractivity contribution in [3.8, 4) is 28.4 Å². The van der Waals surface area contributed by atoms with Crippen LogP contribution in [0.15, 0.2) is 53.7 Å². The normalized spacial score (nSPS) is 12.7. The lowest BCUT2D eigenvalue weighted by Crippen LogP contribution is -2.17. The lowest BCUT2D eigenvalue weighted by atomic mass is 10.1. The fourth-order valence-electron chi connectivity index (χ4n) is 3.62. The van der Waals surface area contributed by atoms with Crippen LogP contribution in [0.3, 0.4) is 0 Å². The topological polar surface area (TPSA) is 91.9 Å². The predicted molar refractivity (Wildman–Crippen MR) is 118 cm³/mol. The number of hydrogen-bond acceptors (Lipinski definition) is 6. The first-order chi connectivity index (χ1) is 17.0. The SMILES string of the molecule is Cc1cc(-c2cnnn2-c2ccc(S(C)(=O)=O)cc2-n2cc(C(F)(F)F)nc2C)ccc1OC(F)(F)F. The van der Waals surface area contributed by atoms with E-state index in [1.165, 1.54) is 55.1 Å². The van der Waals surface area contributed by atoms with Crippen molar-refractivity contribution in [3.05, 3.63) is 65.9 Å². The molecule has 0 spiro atoms. The number of nitrogens with zero attached hydrogens (tertiary/aromatic N) is 5. The molecular weight excluding hydrogens is 528 g/mol. The fourth-order valence-corrected chi connectivity index (χ4v) is 4.26. The third-order valence-electron chi connectivity index (χ3n) is 5.28. The Morgan fingerprint density at radius 2 is 1.65 bits per heavy atom. The van der Waals surface area contributed by atoms with Crippen LogP contribution in [-0.4, -0.2) is 45.6 Å². The molecule has 0 radical (unpaired) electrons. The van der Waals surface area contributed by atoms with Gasteiger partial charge in [-0.25, -0.2) is 18.1 Å². The minimum absolute atomic E-state index is 0.00363. The molecule has 0 atom stereocenters. The third-order valence-corrected chi connectivity index (χ3v) is 6.39. The van der Waals surface area contributed by atoms with E-state index in [1.807, 2.05) is 0 Å². The van der Waals surface area contributed by atoms with Crippen LogP contribution < -0.4 is 4.74 Å². The van der Waals surface area contributed by atoms with Crippen LogP contribution in [0.4, 0.5) is 26.3 Å². The van der Waals surface area contributed by atoms with Gasteiger partial charge in [-0.1, -0.05) is 5.21 Å². The molecule has 15 heteroatoms. The van der Waals surface area contributed by atoms with Crippen molar-refractivity contribution in [3.63, 3.8) is 0 Å². The fraction of sp³-hybridized carbons (Fsp3) is 0.227. The molecule has 0 fully saturated rings. The highest BCUT2D eigenvalue weighted by atomic mass is 32.2. The van der Waals surface area contributed by atoms with Crippen molar-refractivity contribution in [1.82, 2.24) is 24.5 Å². The monoisotopic (exact) mass is 545 g/mol. The van der Waals surface area contributed by atoms with Gasteiger partial charge >= 0.3 is 12.5 Å². The average molecular weight is 545 g/mol. The molecule has 196 valence electrons. The van der Waals surface area contributed by atoms with Gasteiger partial charge in [-0.05, 0) is 55.8 Å². The average Bonchev–Trinajstić information content (AvgIpc) is 3.40. The van der Waals surface area contributed by atoms with E-state index in [9.17, 15) is 34.8 Å². The van der Waals surface area contributed by atoms with Crippen molar-refractivity contribution in [2.24, 2.45) is 0 Å². The first-order valence-electron chi connectivity index (χ1n) is 10.3. The van der Waals surface area contributed by atoms with Crippen LogP contribution in [0, 0.1) is 13.8 Å². The molecule has 0 N–H and O–H groups in total. The maximum Gasteiger partial charge on any atom is 0.573 e. The molecular formula is C22H17F6N5O3S. The largest absolute Gasteiger partial charge is 0.573 e. The van der Waals surface area contributed by atoms with Crippen molar-refractivity contribution in [1.29, 1.82) is 0 Å². The number of hydrogen-bond donors (Lipinski definition) is 0. The van der Waals surface area contributed by atoms with E-state index in [4.69, 9.17) is 0 Å². The summed E-state index contributed by atoms with van der Waals surface area (Å²) in [4.78, 5) is 3.37. The van der Waals surface area contributed by atoms with Crippen LogP contribution in [-0.2, 0) is 16.0 Å². The summed E-state index contributed by atoms with van der Waals surface area (Å²) in [6, 6.07) is 7.60. The lowest BCUT2D eigenvalue weighted by Gasteiger charge is -2.16. The molecule has 0 saturated carbocycles. The first kappa shape index (κ1) is 26.2. The Kier molecular flexibility index (Phi) is 6.30. The Balaban J connectivity index is 1.90. The van der Waals surface area contributed by atoms with Crippen LogP contribution >= 0.6 is 0 Å². The molecule has 2 aromatic heterocycles. The van der Waals surface area contributed by atoms with Crippen LogP contribution in [0.1, 0.15) is 17.1 Å². The van der Waals surface area contributed by atoms with E-state index in [-0.39, 0.29) is 33.4 Å². The minimum Gasteiger partial charge on any atom is -0.406 e. The number of imidazole rings is 1. The Hall–Kier alpha value is -3.88. The molecule has 0 amide bonds. The second kappa shape index (κ2) is 8.90. The van der Waals surface area contributed by atoms with Gasteiger partial charge < -0.3 is 9.30 Å². The smallest absolute Gasteiger partial charge is 0.406 e. The van der Waals surface area contributed by atoms with E-state index in [0.29, 0.717) is 5.56 Å². The van der Waals surface area contributed by atoms with Crippen molar-refractivity contribution in [2.45, 2.75) is 31.3 Å². The zero-order valence-corrected chi connectivity index (χ0v) is 20.1. The Labute approximate surface area is 206 Å². The zero-order chi connectivity index (χ0) is 27.3.